The molecule has 0 N–H and O–H groups in total. The summed E-state index contributed by atoms with van der Waals surface area (Å²) in [7, 11) is 0. The van der Waals surface area contributed by atoms with Crippen LogP contribution in [0.1, 0.15) is 5.69 Å². The Hall–Kier alpha value is -3.60. The molecule has 0 radical (unpaired) electrons. The van der Waals surface area contributed by atoms with E-state index in [0.29, 0.717) is 11.5 Å². The number of pyridine rings is 1. The lowest BCUT2D eigenvalue weighted by Crippen LogP contribution is -1.99. The number of aromatic nitrogens is 3. The van der Waals surface area contributed by atoms with E-state index >= 15 is 0 Å². The van der Waals surface area contributed by atoms with Gasteiger partial charge in [0.2, 0.25) is 0 Å². The minimum atomic E-state index is -0.267. The lowest BCUT2D eigenvalue weighted by Gasteiger charge is -2.07. The minimum absolute atomic E-state index is 0.267. The SMILES string of the molecule is Fc1ccc(-c2cc(/C=N/c3ccccn3)nn2-c2ccccc2)cc1. The Bertz CT molecular complexity index is 1020. The van der Waals surface area contributed by atoms with Gasteiger partial charge in [-0.2, -0.15) is 5.10 Å². The molecule has 5 heteroatoms. The highest BCUT2D eigenvalue weighted by atomic mass is 19.1. The number of halogens is 1. The van der Waals surface area contributed by atoms with E-state index in [1.807, 2.05) is 59.3 Å². The van der Waals surface area contributed by atoms with Crippen molar-refractivity contribution in [3.8, 4) is 16.9 Å². The number of hydrogen-bond acceptors (Lipinski definition) is 3. The summed E-state index contributed by atoms with van der Waals surface area (Å²) in [5.74, 6) is 0.349. The van der Waals surface area contributed by atoms with E-state index < -0.39 is 0 Å². The van der Waals surface area contributed by atoms with E-state index in [4.69, 9.17) is 0 Å². The van der Waals surface area contributed by atoms with Crippen LogP contribution in [0.4, 0.5) is 10.2 Å². The van der Waals surface area contributed by atoms with Gasteiger partial charge >= 0.3 is 0 Å². The molecule has 0 fully saturated rings. The zero-order valence-electron chi connectivity index (χ0n) is 13.8. The van der Waals surface area contributed by atoms with Crippen molar-refractivity contribution < 1.29 is 4.39 Å². The summed E-state index contributed by atoms with van der Waals surface area (Å²) < 4.78 is 15.1. The zero-order chi connectivity index (χ0) is 17.8. The first-order valence-electron chi connectivity index (χ1n) is 8.16. The van der Waals surface area contributed by atoms with E-state index in [9.17, 15) is 4.39 Å². The Morgan fingerprint density at radius 2 is 1.65 bits per heavy atom. The molecule has 2 aromatic heterocycles. The van der Waals surface area contributed by atoms with Crippen LogP contribution in [0.15, 0.2) is 90.1 Å². The van der Waals surface area contributed by atoms with Crippen LogP contribution in [0.5, 0.6) is 0 Å². The molecule has 0 atom stereocenters. The number of para-hydroxylation sites is 1. The summed E-state index contributed by atoms with van der Waals surface area (Å²) in [5.41, 5.74) is 3.35. The predicted octanol–water partition coefficient (Wildman–Crippen LogP) is 4.82. The third kappa shape index (κ3) is 3.42. The highest BCUT2D eigenvalue weighted by Gasteiger charge is 2.11. The predicted molar refractivity (Wildman–Crippen MR) is 100 cm³/mol. The molecular weight excluding hydrogens is 327 g/mol. The van der Waals surface area contributed by atoms with Crippen molar-refractivity contribution in [2.45, 2.75) is 0 Å². The summed E-state index contributed by atoms with van der Waals surface area (Å²) in [4.78, 5) is 8.54. The lowest BCUT2D eigenvalue weighted by atomic mass is 10.1. The summed E-state index contributed by atoms with van der Waals surface area (Å²) in [6.07, 6.45) is 3.37. The fourth-order valence-electron chi connectivity index (χ4n) is 2.62. The fourth-order valence-corrected chi connectivity index (χ4v) is 2.62. The number of rotatable bonds is 4. The third-order valence-electron chi connectivity index (χ3n) is 3.85. The molecule has 0 aliphatic rings. The molecule has 0 saturated heterocycles. The van der Waals surface area contributed by atoms with Crippen molar-refractivity contribution in [3.05, 3.63) is 96.6 Å². The second-order valence-electron chi connectivity index (χ2n) is 5.65. The van der Waals surface area contributed by atoms with Crippen LogP contribution in [-0.2, 0) is 0 Å². The van der Waals surface area contributed by atoms with Crippen molar-refractivity contribution in [1.82, 2.24) is 14.8 Å². The van der Waals surface area contributed by atoms with Crippen LogP contribution in [0.3, 0.4) is 0 Å². The van der Waals surface area contributed by atoms with E-state index in [-0.39, 0.29) is 5.82 Å². The average Bonchev–Trinajstić information content (AvgIpc) is 3.13. The van der Waals surface area contributed by atoms with Gasteiger partial charge in [0.15, 0.2) is 5.82 Å². The van der Waals surface area contributed by atoms with Crippen LogP contribution in [0.25, 0.3) is 16.9 Å². The Balaban J connectivity index is 1.77. The van der Waals surface area contributed by atoms with Crippen LogP contribution in [0.2, 0.25) is 0 Å². The average molecular weight is 342 g/mol. The normalized spacial score (nSPS) is 11.1. The van der Waals surface area contributed by atoms with Gasteiger partial charge < -0.3 is 0 Å². The number of aliphatic imine (C=N–C) groups is 1. The first kappa shape index (κ1) is 15.9. The van der Waals surface area contributed by atoms with Gasteiger partial charge in [0, 0.05) is 11.8 Å². The minimum Gasteiger partial charge on any atom is -0.237 e. The van der Waals surface area contributed by atoms with E-state index in [1.54, 1.807) is 24.5 Å². The van der Waals surface area contributed by atoms with Crippen LogP contribution >= 0.6 is 0 Å². The third-order valence-corrected chi connectivity index (χ3v) is 3.85. The van der Waals surface area contributed by atoms with Gasteiger partial charge in [-0.25, -0.2) is 19.0 Å². The van der Waals surface area contributed by atoms with Crippen molar-refractivity contribution in [2.75, 3.05) is 0 Å². The molecule has 2 heterocycles. The molecule has 0 unspecified atom stereocenters. The Labute approximate surface area is 150 Å². The number of nitrogens with zero attached hydrogens (tertiary/aromatic N) is 4. The molecule has 4 nitrogen and oxygen atoms in total. The second kappa shape index (κ2) is 7.11. The van der Waals surface area contributed by atoms with Gasteiger partial charge in [-0.3, -0.25) is 0 Å². The molecule has 0 spiro atoms. The molecule has 4 rings (SSSR count). The lowest BCUT2D eigenvalue weighted by molar-refractivity contribution is 0.628. The molecule has 0 bridgehead atoms. The molecule has 126 valence electrons. The van der Waals surface area contributed by atoms with Crippen molar-refractivity contribution in [2.24, 2.45) is 4.99 Å². The maximum atomic E-state index is 13.3. The summed E-state index contributed by atoms with van der Waals surface area (Å²) in [5, 5.41) is 4.64. The molecule has 0 amide bonds. The first-order valence-corrected chi connectivity index (χ1v) is 8.16. The van der Waals surface area contributed by atoms with E-state index in [2.05, 4.69) is 15.1 Å². The molecule has 4 aromatic rings. The highest BCUT2D eigenvalue weighted by molar-refractivity contribution is 5.82. The summed E-state index contributed by atoms with van der Waals surface area (Å²) in [6, 6.07) is 23.6. The molecule has 26 heavy (non-hydrogen) atoms. The molecule has 0 aliphatic heterocycles. The van der Waals surface area contributed by atoms with Gasteiger partial charge in [0.1, 0.15) is 11.5 Å². The molecule has 0 saturated carbocycles. The number of hydrogen-bond donors (Lipinski definition) is 0. The maximum absolute atomic E-state index is 13.3. The van der Waals surface area contributed by atoms with Gasteiger partial charge in [0.05, 0.1) is 17.6 Å². The van der Waals surface area contributed by atoms with Crippen LogP contribution in [0, 0.1) is 5.82 Å². The standard InChI is InChI=1S/C21H15FN4/c22-17-11-9-16(10-12-17)20-14-18(15-24-21-8-4-5-13-23-21)25-26(20)19-6-2-1-3-7-19/h1-15H/b24-15+. The van der Waals surface area contributed by atoms with Gasteiger partial charge in [-0.1, -0.05) is 24.3 Å². The van der Waals surface area contributed by atoms with E-state index in [1.165, 1.54) is 12.1 Å². The molecule has 2 aromatic carbocycles. The van der Waals surface area contributed by atoms with Crippen molar-refractivity contribution >= 4 is 12.0 Å². The summed E-state index contributed by atoms with van der Waals surface area (Å²) >= 11 is 0. The first-order chi connectivity index (χ1) is 12.8. The zero-order valence-corrected chi connectivity index (χ0v) is 13.8. The van der Waals surface area contributed by atoms with Crippen molar-refractivity contribution in [3.63, 3.8) is 0 Å². The van der Waals surface area contributed by atoms with Gasteiger partial charge in [0.25, 0.3) is 0 Å². The van der Waals surface area contributed by atoms with Gasteiger partial charge in [-0.15, -0.1) is 0 Å². The Morgan fingerprint density at radius 3 is 2.38 bits per heavy atom. The monoisotopic (exact) mass is 342 g/mol. The second-order valence-corrected chi connectivity index (χ2v) is 5.65. The quantitative estimate of drug-likeness (QED) is 0.499. The largest absolute Gasteiger partial charge is 0.237 e. The Morgan fingerprint density at radius 1 is 0.885 bits per heavy atom. The topological polar surface area (TPSA) is 43.1 Å². The smallest absolute Gasteiger partial charge is 0.151 e. The van der Waals surface area contributed by atoms with Crippen molar-refractivity contribution in [1.29, 1.82) is 0 Å². The molecular formula is C21H15FN4. The summed E-state index contributed by atoms with van der Waals surface area (Å²) in [6.45, 7) is 0. The molecule has 0 aliphatic carbocycles. The maximum Gasteiger partial charge on any atom is 0.151 e. The van der Waals surface area contributed by atoms with E-state index in [0.717, 1.165) is 16.9 Å². The Kier molecular flexibility index (Phi) is 4.35. The van der Waals surface area contributed by atoms with Crippen LogP contribution in [-0.4, -0.2) is 21.0 Å². The number of benzene rings is 2. The fraction of sp³-hybridized carbons (Fsp3) is 0. The van der Waals surface area contributed by atoms with Gasteiger partial charge in [-0.05, 0) is 54.6 Å². The van der Waals surface area contributed by atoms with Crippen LogP contribution < -0.4 is 0 Å². The highest BCUT2D eigenvalue weighted by Crippen LogP contribution is 2.24.